The van der Waals surface area contributed by atoms with Crippen molar-refractivity contribution < 1.29 is 4.42 Å². The van der Waals surface area contributed by atoms with Gasteiger partial charge in [-0.1, -0.05) is 429 Å². The van der Waals surface area contributed by atoms with Crippen molar-refractivity contribution in [1.29, 1.82) is 0 Å². The summed E-state index contributed by atoms with van der Waals surface area (Å²) in [6.45, 7) is 28.2. The fraction of sp³-hybridized carbons (Fsp3) is 0.108. The zero-order valence-electron chi connectivity index (χ0n) is 78.0. The van der Waals surface area contributed by atoms with Crippen molar-refractivity contribution in [2.75, 3.05) is 0 Å². The van der Waals surface area contributed by atoms with E-state index in [9.17, 15) is 0 Å². The standard InChI is InChI=1S/C19H16.C16H16.4C15H12.C13H10O.C13H10S.C9H12/c1-15-12-18(16-8-4-2-5-9-16)14-19(13-15)17-10-6-3-7-11-17;1-11-8-9-15-13(10-11)12-6-4-5-7-14(12)16(15,2)3;1-11-14-8-4-2-6-12(14)10-13-7-3-5-9-15(11)13;1-11-5-4-8-14-9-12-6-2-3-7-13(12)10-15(11)14;1-11-6-9-15-13(10-11)8-7-12-4-2-3-5-14(12)15;1-11-6-7-14-9-12-4-2-3-5-13(12)10-15(14)8-11;2*1-9-5-4-8-12-13(9)10-6-2-3-7-11(10)14-12;1-7-4-8(2)6-9(3)5-7/h2-14H,1H3;4-10H,1-3H3;4*2-10H,1H3;2*2-8H,1H3;4-6H,1-3H3. The third-order valence-electron chi connectivity index (χ3n) is 25.4. The number of furan rings is 1. The highest BCUT2D eigenvalue weighted by atomic mass is 32.1. The summed E-state index contributed by atoms with van der Waals surface area (Å²) < 4.78 is 8.51. The van der Waals surface area contributed by atoms with Crippen LogP contribution in [0.2, 0.25) is 0 Å². The second-order valence-corrected chi connectivity index (χ2v) is 36.9. The lowest BCUT2D eigenvalue weighted by molar-refractivity contribution is 0.660. The molecule has 0 saturated carbocycles. The van der Waals surface area contributed by atoms with Crippen LogP contribution in [0, 0.1) is 76.2 Å². The molecule has 1 aliphatic rings. The van der Waals surface area contributed by atoms with Gasteiger partial charge in [-0.25, -0.2) is 0 Å². The molecule has 0 amide bonds. The van der Waals surface area contributed by atoms with Crippen LogP contribution in [0.15, 0.2) is 447 Å². The van der Waals surface area contributed by atoms with Crippen LogP contribution in [0.1, 0.15) is 86.2 Å². The van der Waals surface area contributed by atoms with Crippen molar-refractivity contribution in [2.45, 2.75) is 95.4 Å². The zero-order chi connectivity index (χ0) is 91.4. The van der Waals surface area contributed by atoms with E-state index < -0.39 is 0 Å². The maximum atomic E-state index is 5.73. The molecule has 0 saturated heterocycles. The van der Waals surface area contributed by atoms with Crippen LogP contribution in [0.25, 0.3) is 162 Å². The first-order valence-electron chi connectivity index (χ1n) is 46.0. The molecule has 2 heterocycles. The van der Waals surface area contributed by atoms with Gasteiger partial charge in [0, 0.05) is 36.4 Å². The molecule has 1 aliphatic carbocycles. The quantitative estimate of drug-likeness (QED) is 0.124. The third kappa shape index (κ3) is 20.3. The maximum absolute atomic E-state index is 5.73. The molecule has 2 heteroatoms. The summed E-state index contributed by atoms with van der Waals surface area (Å²) >= 11 is 1.88. The molecule has 2 aromatic heterocycles. The van der Waals surface area contributed by atoms with Gasteiger partial charge in [-0.05, 0) is 295 Å². The molecule has 0 radical (unpaired) electrons. The summed E-state index contributed by atoms with van der Waals surface area (Å²) in [6, 6.07) is 157. The highest BCUT2D eigenvalue weighted by Gasteiger charge is 2.35. The van der Waals surface area contributed by atoms with E-state index in [1.54, 1.807) is 0 Å². The summed E-state index contributed by atoms with van der Waals surface area (Å²) in [5.74, 6) is 0. The van der Waals surface area contributed by atoms with Gasteiger partial charge >= 0.3 is 0 Å². The van der Waals surface area contributed by atoms with Gasteiger partial charge in [-0.3, -0.25) is 0 Å². The Balaban J connectivity index is 0.000000104. The Kier molecular flexibility index (Phi) is 27.2. The number of aryl methyl sites for hydroxylation is 11. The van der Waals surface area contributed by atoms with E-state index in [4.69, 9.17) is 4.42 Å². The van der Waals surface area contributed by atoms with Gasteiger partial charge in [0.15, 0.2) is 0 Å². The summed E-state index contributed by atoms with van der Waals surface area (Å²) in [7, 11) is 0. The highest BCUT2D eigenvalue weighted by Crippen LogP contribution is 2.49. The minimum Gasteiger partial charge on any atom is -0.456 e. The van der Waals surface area contributed by atoms with Gasteiger partial charge in [-0.15, -0.1) is 11.3 Å². The Hall–Kier alpha value is -15.1. The molecule has 132 heavy (non-hydrogen) atoms. The Bertz CT molecular complexity index is 7910. The number of hydrogen-bond acceptors (Lipinski definition) is 2. The first kappa shape index (κ1) is 88.9. The minimum absolute atomic E-state index is 0.152. The van der Waals surface area contributed by atoms with Gasteiger partial charge in [-0.2, -0.15) is 0 Å². The molecule has 0 spiro atoms. The van der Waals surface area contributed by atoms with Gasteiger partial charge in [0.25, 0.3) is 0 Å². The number of fused-ring (bicyclic) bond motifs is 18. The maximum Gasteiger partial charge on any atom is 0.135 e. The third-order valence-corrected chi connectivity index (χ3v) is 26.5. The molecule has 1 nitrogen and oxygen atoms in total. The van der Waals surface area contributed by atoms with E-state index in [0.29, 0.717) is 0 Å². The number of rotatable bonds is 2. The Labute approximate surface area is 782 Å². The number of para-hydroxylation sites is 1. The van der Waals surface area contributed by atoms with Gasteiger partial charge in [0.05, 0.1) is 0 Å². The van der Waals surface area contributed by atoms with Gasteiger partial charge in [0.1, 0.15) is 11.2 Å². The van der Waals surface area contributed by atoms with Crippen LogP contribution in [-0.4, -0.2) is 0 Å². The molecular formula is C130H112OS. The predicted octanol–water partition coefficient (Wildman–Crippen LogP) is 37.7. The Morgan fingerprint density at radius 3 is 1.20 bits per heavy atom. The molecule has 24 aromatic rings. The van der Waals surface area contributed by atoms with E-state index >= 15 is 0 Å². The first-order chi connectivity index (χ1) is 64.2. The molecule has 0 atom stereocenters. The average molecular weight is 1720 g/mol. The fourth-order valence-corrected chi connectivity index (χ4v) is 20.1. The Morgan fingerprint density at radius 1 is 0.189 bits per heavy atom. The van der Waals surface area contributed by atoms with Gasteiger partial charge in [0.2, 0.25) is 0 Å². The summed E-state index contributed by atoms with van der Waals surface area (Å²) in [5.41, 5.74) is 27.6. The van der Waals surface area contributed by atoms with Gasteiger partial charge < -0.3 is 4.42 Å². The zero-order valence-corrected chi connectivity index (χ0v) is 78.8. The molecule has 0 unspecified atom stereocenters. The summed E-state index contributed by atoms with van der Waals surface area (Å²) in [5, 5.41) is 26.6. The second kappa shape index (κ2) is 40.3. The average Bonchev–Trinajstić information content (AvgIpc) is 1.58. The van der Waals surface area contributed by atoms with E-state index in [2.05, 4.69) is 503 Å². The predicted molar refractivity (Wildman–Crippen MR) is 579 cm³/mol. The van der Waals surface area contributed by atoms with Crippen molar-refractivity contribution >= 4 is 140 Å². The minimum atomic E-state index is 0.152. The van der Waals surface area contributed by atoms with E-state index in [-0.39, 0.29) is 5.41 Å². The summed E-state index contributed by atoms with van der Waals surface area (Å²) in [6.07, 6.45) is 0. The topological polar surface area (TPSA) is 13.1 Å². The highest BCUT2D eigenvalue weighted by molar-refractivity contribution is 7.25. The lowest BCUT2D eigenvalue weighted by atomic mass is 9.82. The van der Waals surface area contributed by atoms with Crippen LogP contribution in [0.4, 0.5) is 0 Å². The van der Waals surface area contributed by atoms with Crippen molar-refractivity contribution in [3.8, 4) is 33.4 Å². The SMILES string of the molecule is Cc1c2ccccc2cc2ccccc12.Cc1cc(-c2ccccc2)cc(-c2ccccc2)c1.Cc1cc(C)cc(C)c1.Cc1ccc2c(c1)-c1ccccc1C2(C)C.Cc1ccc2c(ccc3ccccc32)c1.Cc1ccc2cc3ccccc3cc2c1.Cc1cccc2cc3ccccc3cc12.Cc1cccc2oc3ccccc3c12.Cc1cccc2sc3ccccc3c12. The van der Waals surface area contributed by atoms with Crippen molar-refractivity contribution in [2.24, 2.45) is 0 Å². The molecule has 644 valence electrons. The lowest BCUT2D eigenvalue weighted by Gasteiger charge is -2.21. The summed E-state index contributed by atoms with van der Waals surface area (Å²) in [4.78, 5) is 0. The largest absolute Gasteiger partial charge is 0.456 e. The van der Waals surface area contributed by atoms with E-state index in [1.165, 1.54) is 223 Å². The lowest BCUT2D eigenvalue weighted by Crippen LogP contribution is -2.14. The van der Waals surface area contributed by atoms with Crippen LogP contribution < -0.4 is 0 Å². The Morgan fingerprint density at radius 2 is 0.568 bits per heavy atom. The normalized spacial score (nSPS) is 11.4. The van der Waals surface area contributed by atoms with Crippen LogP contribution in [0.5, 0.6) is 0 Å². The number of benzene rings is 22. The first-order valence-corrected chi connectivity index (χ1v) is 46.8. The van der Waals surface area contributed by atoms with E-state index in [0.717, 1.165) is 11.2 Å². The number of thiophene rings is 1. The van der Waals surface area contributed by atoms with Crippen LogP contribution in [0.3, 0.4) is 0 Å². The molecule has 25 rings (SSSR count). The molecule has 22 aromatic carbocycles. The molecule has 0 bridgehead atoms. The van der Waals surface area contributed by atoms with Crippen LogP contribution in [-0.2, 0) is 5.41 Å². The molecule has 0 fully saturated rings. The molecular weight excluding hydrogens is 1610 g/mol. The fourth-order valence-electron chi connectivity index (χ4n) is 18.9. The van der Waals surface area contributed by atoms with Crippen molar-refractivity contribution in [3.05, 3.63) is 515 Å². The smallest absolute Gasteiger partial charge is 0.135 e. The molecule has 0 N–H and O–H groups in total. The van der Waals surface area contributed by atoms with Crippen LogP contribution >= 0.6 is 11.3 Å². The second-order valence-electron chi connectivity index (χ2n) is 35.8. The van der Waals surface area contributed by atoms with Crippen molar-refractivity contribution in [3.63, 3.8) is 0 Å². The van der Waals surface area contributed by atoms with E-state index in [1.807, 2.05) is 41.7 Å². The van der Waals surface area contributed by atoms with Crippen molar-refractivity contribution in [1.82, 2.24) is 0 Å². The number of hydrogen-bond donors (Lipinski definition) is 0. The molecule has 0 aliphatic heterocycles. The monoisotopic (exact) mass is 1720 g/mol.